The molecule has 2 aromatic carbocycles. The van der Waals surface area contributed by atoms with Crippen molar-refractivity contribution in [3.63, 3.8) is 0 Å². The van der Waals surface area contributed by atoms with Gasteiger partial charge < -0.3 is 24.8 Å². The third kappa shape index (κ3) is 6.79. The molecule has 0 amide bonds. The zero-order valence-corrected chi connectivity index (χ0v) is 25.0. The van der Waals surface area contributed by atoms with Crippen LogP contribution in [-0.4, -0.2) is 65.5 Å². The number of hydrazone groups is 1. The standard InChI is InChI=1S/C31H33FN6O5S/c1-41-27-18-22-24(19-28(27)42-16-6-15-37-13-4-5-14-37)34-12-10-25(22)43-26-9-8-21(17-23(26)32)31(20-35-36-30(33)44)11-3-2-7-29(31)38(39)40/h2-3,7-12,17-20,29H,4-6,13-16H2,1H3,(H3,33,36,44). The van der Waals surface area contributed by atoms with E-state index < -0.39 is 22.2 Å². The predicted molar refractivity (Wildman–Crippen MR) is 170 cm³/mol. The topological polar surface area (TPSA) is 137 Å². The van der Waals surface area contributed by atoms with Crippen molar-refractivity contribution in [2.45, 2.75) is 30.7 Å². The van der Waals surface area contributed by atoms with Crippen LogP contribution in [0.2, 0.25) is 0 Å². The van der Waals surface area contributed by atoms with Crippen LogP contribution in [0.25, 0.3) is 10.9 Å². The van der Waals surface area contributed by atoms with Gasteiger partial charge in [0, 0.05) is 35.3 Å². The zero-order chi connectivity index (χ0) is 31.1. The van der Waals surface area contributed by atoms with Gasteiger partial charge in [-0.1, -0.05) is 24.3 Å². The van der Waals surface area contributed by atoms with Crippen molar-refractivity contribution < 1.29 is 23.5 Å². The summed E-state index contributed by atoms with van der Waals surface area (Å²) < 4.78 is 33.3. The first kappa shape index (κ1) is 30.8. The molecule has 1 aromatic heterocycles. The molecule has 230 valence electrons. The first-order valence-corrected chi connectivity index (χ1v) is 14.6. The summed E-state index contributed by atoms with van der Waals surface area (Å²) in [6, 6.07) is 8.07. The largest absolute Gasteiger partial charge is 0.493 e. The fraction of sp³-hybridized carbons (Fsp3) is 0.323. The summed E-state index contributed by atoms with van der Waals surface area (Å²) in [5.41, 5.74) is 7.32. The first-order valence-electron chi connectivity index (χ1n) is 14.2. The molecule has 1 aliphatic heterocycles. The van der Waals surface area contributed by atoms with E-state index >= 15 is 4.39 Å². The molecule has 0 radical (unpaired) electrons. The second-order valence-electron chi connectivity index (χ2n) is 10.5. The highest BCUT2D eigenvalue weighted by Gasteiger charge is 2.45. The first-order chi connectivity index (χ1) is 21.3. The molecule has 1 saturated heterocycles. The number of rotatable bonds is 12. The van der Waals surface area contributed by atoms with Gasteiger partial charge in [0.2, 0.25) is 6.04 Å². The number of likely N-dealkylation sites (tertiary alicyclic amines) is 1. The average molecular weight is 621 g/mol. The van der Waals surface area contributed by atoms with Gasteiger partial charge in [-0.2, -0.15) is 5.10 Å². The maximum Gasteiger partial charge on any atom is 0.249 e. The fourth-order valence-corrected chi connectivity index (χ4v) is 5.54. The highest BCUT2D eigenvalue weighted by atomic mass is 32.1. The van der Waals surface area contributed by atoms with E-state index in [1.54, 1.807) is 55.8 Å². The maximum absolute atomic E-state index is 15.6. The van der Waals surface area contributed by atoms with Gasteiger partial charge in [0.15, 0.2) is 28.2 Å². The molecule has 0 bridgehead atoms. The molecular formula is C31H33FN6O5S. The van der Waals surface area contributed by atoms with Crippen molar-refractivity contribution >= 4 is 34.4 Å². The predicted octanol–water partition coefficient (Wildman–Crippen LogP) is 4.87. The molecule has 5 rings (SSSR count). The summed E-state index contributed by atoms with van der Waals surface area (Å²) in [4.78, 5) is 18.4. The lowest BCUT2D eigenvalue weighted by Gasteiger charge is -2.30. The van der Waals surface area contributed by atoms with E-state index in [0.29, 0.717) is 34.8 Å². The lowest BCUT2D eigenvalue weighted by Crippen LogP contribution is -2.45. The maximum atomic E-state index is 15.6. The van der Waals surface area contributed by atoms with Crippen LogP contribution in [0.4, 0.5) is 4.39 Å². The summed E-state index contributed by atoms with van der Waals surface area (Å²) >= 11 is 4.78. The van der Waals surface area contributed by atoms with Crippen molar-refractivity contribution in [1.29, 1.82) is 0 Å². The second-order valence-corrected chi connectivity index (χ2v) is 10.9. The van der Waals surface area contributed by atoms with Gasteiger partial charge in [-0.3, -0.25) is 20.5 Å². The van der Waals surface area contributed by atoms with Gasteiger partial charge in [0.25, 0.3) is 0 Å². The molecule has 44 heavy (non-hydrogen) atoms. The minimum Gasteiger partial charge on any atom is -0.493 e. The third-order valence-corrected chi connectivity index (χ3v) is 7.75. The molecule has 2 heterocycles. The number of hydrogen-bond donors (Lipinski definition) is 2. The van der Waals surface area contributed by atoms with Gasteiger partial charge in [0.1, 0.15) is 11.2 Å². The Bertz CT molecular complexity index is 1630. The summed E-state index contributed by atoms with van der Waals surface area (Å²) in [5, 5.41) is 16.5. The van der Waals surface area contributed by atoms with E-state index in [0.717, 1.165) is 26.1 Å². The quantitative estimate of drug-likeness (QED) is 0.0949. The highest BCUT2D eigenvalue weighted by molar-refractivity contribution is 7.80. The Hall–Kier alpha value is -4.62. The fourth-order valence-electron chi connectivity index (χ4n) is 5.49. The molecule has 2 unspecified atom stereocenters. The van der Waals surface area contributed by atoms with Crippen LogP contribution in [-0.2, 0) is 5.41 Å². The number of pyridine rings is 1. The van der Waals surface area contributed by atoms with Crippen LogP contribution in [0.15, 0.2) is 72.0 Å². The second kappa shape index (κ2) is 13.8. The van der Waals surface area contributed by atoms with Crippen LogP contribution in [0.3, 0.4) is 0 Å². The Balaban J connectivity index is 1.39. The number of nitrogens with two attached hydrogens (primary N) is 1. The lowest BCUT2D eigenvalue weighted by atomic mass is 9.73. The molecule has 3 N–H and O–H groups in total. The van der Waals surface area contributed by atoms with Crippen LogP contribution >= 0.6 is 12.2 Å². The Labute approximate surface area is 259 Å². The summed E-state index contributed by atoms with van der Waals surface area (Å²) in [7, 11) is 1.55. The van der Waals surface area contributed by atoms with Crippen LogP contribution in [0, 0.1) is 15.9 Å². The molecule has 1 fully saturated rings. The van der Waals surface area contributed by atoms with Gasteiger partial charge in [-0.15, -0.1) is 0 Å². The van der Waals surface area contributed by atoms with E-state index in [9.17, 15) is 10.1 Å². The molecule has 3 aromatic rings. The molecule has 0 spiro atoms. The van der Waals surface area contributed by atoms with E-state index in [2.05, 4.69) is 20.4 Å². The number of thiocarbonyl (C=S) groups is 1. The molecule has 2 atom stereocenters. The number of hydrogen-bond acceptors (Lipinski definition) is 9. The third-order valence-electron chi connectivity index (χ3n) is 7.66. The number of benzene rings is 2. The lowest BCUT2D eigenvalue weighted by molar-refractivity contribution is -0.515. The van der Waals surface area contributed by atoms with Gasteiger partial charge in [-0.05, 0) is 80.5 Å². The number of halogens is 1. The molecule has 1 aliphatic carbocycles. The van der Waals surface area contributed by atoms with Crippen molar-refractivity contribution in [3.05, 3.63) is 88.4 Å². The highest BCUT2D eigenvalue weighted by Crippen LogP contribution is 2.39. The Morgan fingerprint density at radius 3 is 2.77 bits per heavy atom. The zero-order valence-electron chi connectivity index (χ0n) is 24.1. The van der Waals surface area contributed by atoms with Crippen molar-refractivity contribution in [1.82, 2.24) is 15.3 Å². The minimum atomic E-state index is -1.42. The summed E-state index contributed by atoms with van der Waals surface area (Å²) in [5.74, 6) is 0.609. The van der Waals surface area contributed by atoms with E-state index in [1.807, 2.05) is 0 Å². The van der Waals surface area contributed by atoms with Crippen molar-refractivity contribution in [2.24, 2.45) is 10.8 Å². The van der Waals surface area contributed by atoms with Gasteiger partial charge >= 0.3 is 0 Å². The monoisotopic (exact) mass is 620 g/mol. The average Bonchev–Trinajstić information content (AvgIpc) is 3.53. The van der Waals surface area contributed by atoms with Crippen LogP contribution < -0.4 is 25.4 Å². The number of nitrogens with one attached hydrogen (secondary N) is 1. The van der Waals surface area contributed by atoms with E-state index in [1.165, 1.54) is 37.3 Å². The number of ether oxygens (including phenoxy) is 3. The van der Waals surface area contributed by atoms with Gasteiger partial charge in [-0.25, -0.2) is 4.39 Å². The number of nitro groups is 1. The number of allylic oxidation sites excluding steroid dienone is 2. The molecule has 11 nitrogen and oxygen atoms in total. The number of aromatic nitrogens is 1. The Kier molecular flexibility index (Phi) is 9.65. The molecule has 0 saturated carbocycles. The summed E-state index contributed by atoms with van der Waals surface area (Å²) in [6.07, 6.45) is 12.4. The molecule has 2 aliphatic rings. The minimum absolute atomic E-state index is 0.0798. The van der Waals surface area contributed by atoms with Gasteiger partial charge in [0.05, 0.1) is 19.2 Å². The molecular weight excluding hydrogens is 587 g/mol. The van der Waals surface area contributed by atoms with Crippen LogP contribution in [0.1, 0.15) is 24.8 Å². The normalized spacial score (nSPS) is 19.8. The Morgan fingerprint density at radius 1 is 1.23 bits per heavy atom. The van der Waals surface area contributed by atoms with Crippen LogP contribution in [0.5, 0.6) is 23.0 Å². The van der Waals surface area contributed by atoms with Crippen molar-refractivity contribution in [2.75, 3.05) is 33.4 Å². The van der Waals surface area contributed by atoms with E-state index in [-0.39, 0.29) is 16.4 Å². The Morgan fingerprint density at radius 2 is 2.05 bits per heavy atom. The number of nitrogens with zero attached hydrogens (tertiary/aromatic N) is 4. The summed E-state index contributed by atoms with van der Waals surface area (Å²) in [6.45, 7) is 3.80. The SMILES string of the molecule is COc1cc2c(Oc3ccc(C4(C=NNC(N)=S)C=CC=CC4[N+](=O)[O-])cc3F)ccnc2cc1OCCCN1CCCC1. The molecule has 13 heteroatoms. The van der Waals surface area contributed by atoms with Crippen molar-refractivity contribution in [3.8, 4) is 23.0 Å². The smallest absolute Gasteiger partial charge is 0.249 e. The van der Waals surface area contributed by atoms with E-state index in [4.69, 9.17) is 32.2 Å². The number of fused-ring (bicyclic) bond motifs is 1. The number of methoxy groups -OCH3 is 1.